The van der Waals surface area contributed by atoms with Crippen molar-refractivity contribution in [1.29, 1.82) is 0 Å². The third-order valence-electron chi connectivity index (χ3n) is 9.64. The average molecular weight is 656 g/mol. The largest absolute Gasteiger partial charge is 0.392 e. The number of ether oxygens (including phenoxy) is 1. The number of nitrogens with one attached hydrogen (secondary N) is 1. The van der Waals surface area contributed by atoms with Crippen molar-refractivity contribution in [2.24, 2.45) is 17.6 Å². The van der Waals surface area contributed by atoms with Crippen molar-refractivity contribution >= 4 is 29.9 Å². The van der Waals surface area contributed by atoms with Crippen LogP contribution in [0.15, 0.2) is 46.6 Å². The lowest BCUT2D eigenvalue weighted by atomic mass is 9.90. The Balaban J connectivity index is 1.30. The van der Waals surface area contributed by atoms with Gasteiger partial charge in [0.05, 0.1) is 36.7 Å². The number of carbonyl (C=O) groups excluding carboxylic acids is 1. The van der Waals surface area contributed by atoms with Gasteiger partial charge in [-0.1, -0.05) is 13.8 Å². The van der Waals surface area contributed by atoms with Gasteiger partial charge < -0.3 is 19.7 Å². The summed E-state index contributed by atoms with van der Waals surface area (Å²) < 4.78 is 10.7. The van der Waals surface area contributed by atoms with Gasteiger partial charge in [0.25, 0.3) is 5.56 Å². The number of hydrogen-bond acceptors (Lipinski definition) is 10. The molecule has 48 heavy (non-hydrogen) atoms. The second-order valence-corrected chi connectivity index (χ2v) is 14.0. The Bertz CT molecular complexity index is 1930. The molecule has 0 radical (unpaired) electrons. The first-order valence-corrected chi connectivity index (χ1v) is 16.2. The van der Waals surface area contributed by atoms with Crippen LogP contribution < -0.4 is 15.9 Å². The number of carbonyl (C=O) groups is 1. The monoisotopic (exact) mass is 655 g/mol. The molecular formula is C35H45N9O4. The van der Waals surface area contributed by atoms with Crippen molar-refractivity contribution in [2.75, 3.05) is 44.2 Å². The van der Waals surface area contributed by atoms with Crippen molar-refractivity contribution in [3.63, 3.8) is 0 Å². The van der Waals surface area contributed by atoms with Gasteiger partial charge >= 0.3 is 0 Å². The zero-order valence-corrected chi connectivity index (χ0v) is 28.8. The average Bonchev–Trinajstić information content (AvgIpc) is 3.70. The summed E-state index contributed by atoms with van der Waals surface area (Å²) in [6.07, 6.45) is 7.63. The smallest absolute Gasteiger partial charge is 0.274 e. The molecule has 0 spiro atoms. The number of aldehydes is 1. The van der Waals surface area contributed by atoms with E-state index in [-0.39, 0.29) is 23.1 Å². The number of methoxy groups -OCH3 is 1. The summed E-state index contributed by atoms with van der Waals surface area (Å²) in [5.41, 5.74) is 5.83. The maximum atomic E-state index is 13.3. The number of nitrogens with zero attached hydrogens (tertiary/aromatic N) is 8. The minimum absolute atomic E-state index is 0.121. The van der Waals surface area contributed by atoms with E-state index in [1.54, 1.807) is 51.0 Å². The Morgan fingerprint density at radius 2 is 1.96 bits per heavy atom. The molecule has 0 amide bonds. The lowest BCUT2D eigenvalue weighted by Crippen LogP contribution is -2.49. The van der Waals surface area contributed by atoms with Gasteiger partial charge in [-0.25, -0.2) is 9.99 Å². The minimum atomic E-state index is -0.306. The Morgan fingerprint density at radius 3 is 2.69 bits per heavy atom. The zero-order valence-electron chi connectivity index (χ0n) is 28.8. The van der Waals surface area contributed by atoms with E-state index in [1.165, 1.54) is 4.57 Å². The van der Waals surface area contributed by atoms with E-state index in [9.17, 15) is 14.7 Å². The van der Waals surface area contributed by atoms with E-state index < -0.39 is 0 Å². The van der Waals surface area contributed by atoms with Crippen molar-refractivity contribution in [2.45, 2.75) is 59.2 Å². The Labute approximate surface area is 280 Å². The molecule has 4 aromatic heterocycles. The number of anilines is 3. The summed E-state index contributed by atoms with van der Waals surface area (Å²) in [5.74, 6) is 1.04. The molecule has 0 fully saturated rings. The van der Waals surface area contributed by atoms with Crippen LogP contribution in [0.3, 0.4) is 0 Å². The van der Waals surface area contributed by atoms with E-state index in [1.807, 2.05) is 27.4 Å². The van der Waals surface area contributed by atoms with E-state index in [0.717, 1.165) is 55.7 Å². The normalized spacial score (nSPS) is 16.7. The van der Waals surface area contributed by atoms with Gasteiger partial charge in [0.15, 0.2) is 17.9 Å². The molecule has 13 heteroatoms. The number of rotatable bonds is 11. The van der Waals surface area contributed by atoms with Crippen LogP contribution in [0.4, 0.5) is 17.3 Å². The number of aliphatic hydroxyl groups is 1. The van der Waals surface area contributed by atoms with Gasteiger partial charge in [-0.05, 0) is 61.4 Å². The van der Waals surface area contributed by atoms with Gasteiger partial charge in [-0.15, -0.1) is 0 Å². The fourth-order valence-electron chi connectivity index (χ4n) is 7.10. The molecule has 0 aromatic carbocycles. The summed E-state index contributed by atoms with van der Waals surface area (Å²) in [7, 11) is 5.16. The summed E-state index contributed by atoms with van der Waals surface area (Å²) >= 11 is 0. The number of aromatic nitrogens is 5. The molecule has 2 aliphatic rings. The topological polar surface area (TPSA) is 135 Å². The van der Waals surface area contributed by atoms with E-state index >= 15 is 0 Å². The number of fused-ring (bicyclic) bond motifs is 2. The summed E-state index contributed by atoms with van der Waals surface area (Å²) in [4.78, 5) is 32.1. The third kappa shape index (κ3) is 6.09. The lowest BCUT2D eigenvalue weighted by molar-refractivity contribution is 0.0482. The molecule has 2 N–H and O–H groups in total. The van der Waals surface area contributed by atoms with Crippen molar-refractivity contribution in [3.8, 4) is 11.1 Å². The quantitative estimate of drug-likeness (QED) is 0.107. The molecule has 4 aromatic rings. The predicted molar refractivity (Wildman–Crippen MR) is 186 cm³/mol. The van der Waals surface area contributed by atoms with Gasteiger partial charge in [0, 0.05) is 69.6 Å². The van der Waals surface area contributed by atoms with Crippen LogP contribution >= 0.6 is 0 Å². The maximum Gasteiger partial charge on any atom is 0.274 e. The molecule has 1 aliphatic heterocycles. The Kier molecular flexibility index (Phi) is 8.88. The Morgan fingerprint density at radius 1 is 1.17 bits per heavy atom. The van der Waals surface area contributed by atoms with E-state index in [2.05, 4.69) is 48.0 Å². The number of hydrazone groups is 1. The van der Waals surface area contributed by atoms with Gasteiger partial charge in [0.2, 0.25) is 0 Å². The molecule has 0 bridgehead atoms. The van der Waals surface area contributed by atoms with Crippen LogP contribution in [-0.2, 0) is 43.3 Å². The van der Waals surface area contributed by atoms with Crippen LogP contribution in [0.2, 0.25) is 0 Å². The van der Waals surface area contributed by atoms with Crippen molar-refractivity contribution in [3.05, 3.63) is 75.2 Å². The molecule has 0 saturated carbocycles. The summed E-state index contributed by atoms with van der Waals surface area (Å²) in [5, 5.41) is 24.9. The van der Waals surface area contributed by atoms with Crippen LogP contribution in [-0.4, -0.2) is 80.4 Å². The second kappa shape index (κ2) is 12.8. The maximum absolute atomic E-state index is 13.3. The van der Waals surface area contributed by atoms with Crippen LogP contribution in [0.1, 0.15) is 60.7 Å². The second-order valence-electron chi connectivity index (χ2n) is 14.0. The number of pyridine rings is 2. The fraction of sp³-hybridized carbons (Fsp3) is 0.457. The standard InChI is InChI=1S/C35H45N9O4/c1-34(2)17-23-14-25(20-45)43(29(23)18-34)22-37-41(6)32-27(21-46)26(8-9-36-32)24-15-28(33(47)40(5)19-24)38-31-16-30-35(3,4)42(12-13-48-7)10-11-44(30)39-31/h8-9,14-16,19-20,22,46H,10-13,17-18,21H2,1-7H3,(H,38,39)/b37-22-. The number of hydrogen-bond donors (Lipinski definition) is 2. The SMILES string of the molecule is COCCN1CCn2nc(Nc3cc(-c4ccnc(N(C)/N=C\n5c(C=O)cc6c5CC(C)(C)C6)c4CO)cn(C)c3=O)cc2C1(C)C. The first kappa shape index (κ1) is 33.3. The lowest BCUT2D eigenvalue weighted by Gasteiger charge is -2.42. The molecule has 0 unspecified atom stereocenters. The fourth-order valence-corrected chi connectivity index (χ4v) is 7.10. The molecule has 13 nitrogen and oxygen atoms in total. The van der Waals surface area contributed by atoms with E-state index in [0.29, 0.717) is 46.3 Å². The highest BCUT2D eigenvalue weighted by Crippen LogP contribution is 2.38. The minimum Gasteiger partial charge on any atom is -0.392 e. The van der Waals surface area contributed by atoms with Gasteiger partial charge in [-0.2, -0.15) is 10.2 Å². The number of aliphatic hydroxyl groups excluding tert-OH is 1. The molecule has 0 saturated heterocycles. The zero-order chi connectivity index (χ0) is 34.4. The highest BCUT2D eigenvalue weighted by Gasteiger charge is 2.36. The first-order chi connectivity index (χ1) is 22.9. The van der Waals surface area contributed by atoms with Crippen molar-refractivity contribution < 1.29 is 14.6 Å². The van der Waals surface area contributed by atoms with Gasteiger partial charge in [-0.3, -0.25) is 23.7 Å². The Hall–Kier alpha value is -4.59. The van der Waals surface area contributed by atoms with Crippen LogP contribution in [0, 0.1) is 5.41 Å². The molecule has 5 heterocycles. The summed E-state index contributed by atoms with van der Waals surface area (Å²) in [6.45, 7) is 11.5. The van der Waals surface area contributed by atoms with Crippen LogP contribution in [0.25, 0.3) is 11.1 Å². The molecule has 254 valence electrons. The van der Waals surface area contributed by atoms with Crippen LogP contribution in [0.5, 0.6) is 0 Å². The first-order valence-electron chi connectivity index (χ1n) is 16.2. The van der Waals surface area contributed by atoms with Crippen molar-refractivity contribution in [1.82, 2.24) is 28.8 Å². The molecule has 1 aliphatic carbocycles. The molecule has 6 rings (SSSR count). The highest BCUT2D eigenvalue weighted by atomic mass is 16.5. The molecular weight excluding hydrogens is 610 g/mol. The van der Waals surface area contributed by atoms with Gasteiger partial charge in [0.1, 0.15) is 12.0 Å². The highest BCUT2D eigenvalue weighted by molar-refractivity contribution is 5.81. The third-order valence-corrected chi connectivity index (χ3v) is 9.64. The van der Waals surface area contributed by atoms with E-state index in [4.69, 9.17) is 9.84 Å². The molecule has 0 atom stereocenters. The number of aryl methyl sites for hydroxylation is 1. The summed E-state index contributed by atoms with van der Waals surface area (Å²) in [6, 6.07) is 7.52. The predicted octanol–water partition coefficient (Wildman–Crippen LogP) is 3.74.